The van der Waals surface area contributed by atoms with Crippen molar-refractivity contribution in [2.24, 2.45) is 10.8 Å². The van der Waals surface area contributed by atoms with Crippen LogP contribution in [0.2, 0.25) is 5.02 Å². The van der Waals surface area contributed by atoms with Gasteiger partial charge in [-0.05, 0) is 17.7 Å². The van der Waals surface area contributed by atoms with Crippen LogP contribution in [0.5, 0.6) is 0 Å². The number of halogens is 1. The zero-order valence-electron chi connectivity index (χ0n) is 11.4. The predicted octanol–water partition coefficient (Wildman–Crippen LogP) is 2.06. The number of hydrogen-bond donors (Lipinski definition) is 0. The molecule has 0 aliphatic carbocycles. The second kappa shape index (κ2) is 5.78. The Morgan fingerprint density at radius 2 is 1.86 bits per heavy atom. The summed E-state index contributed by atoms with van der Waals surface area (Å²) in [5.41, 5.74) is 0.532. The highest BCUT2D eigenvalue weighted by atomic mass is 35.5. The third kappa shape index (κ3) is 4.29. The van der Waals surface area contributed by atoms with Crippen molar-refractivity contribution in [1.29, 1.82) is 0 Å². The highest BCUT2D eigenvalue weighted by Gasteiger charge is 2.16. The highest BCUT2D eigenvalue weighted by molar-refractivity contribution is 8.02. The van der Waals surface area contributed by atoms with E-state index in [1.807, 2.05) is 0 Å². The Bertz CT molecular complexity index is 863. The molecule has 9 heteroatoms. The van der Waals surface area contributed by atoms with E-state index in [0.717, 1.165) is 0 Å². The molecule has 114 valence electrons. The summed E-state index contributed by atoms with van der Waals surface area (Å²) in [5, 5.41) is 4.39. The summed E-state index contributed by atoms with van der Waals surface area (Å²) in [4.78, 5) is 0.282. The van der Waals surface area contributed by atoms with Gasteiger partial charge in [-0.1, -0.05) is 23.7 Å². The average Bonchev–Trinajstić information content (AvgIpc) is 2.78. The molecule has 1 heterocycles. The summed E-state index contributed by atoms with van der Waals surface area (Å²) in [6, 6.07) is 6.38. The molecule has 1 atom stereocenters. The molecule has 0 fully saturated rings. The van der Waals surface area contributed by atoms with E-state index in [4.69, 9.17) is 11.6 Å². The fraction of sp³-hybridized carbons (Fsp3) is 0.250. The molecule has 2 rings (SSSR count). The first-order chi connectivity index (χ1) is 9.68. The Labute approximate surface area is 129 Å². The first kappa shape index (κ1) is 16.0. The number of benzene rings is 1. The molecule has 0 saturated carbocycles. The molecule has 0 N–H and O–H groups in total. The Morgan fingerprint density at radius 1 is 1.24 bits per heavy atom. The van der Waals surface area contributed by atoms with Gasteiger partial charge in [-0.3, -0.25) is 4.68 Å². The summed E-state index contributed by atoms with van der Waals surface area (Å²) in [6.07, 6.45) is 4.12. The lowest BCUT2D eigenvalue weighted by atomic mass is 10.2. The summed E-state index contributed by atoms with van der Waals surface area (Å²) >= 11 is 5.74. The molecule has 1 unspecified atom stereocenters. The molecule has 0 saturated heterocycles. The molecule has 0 amide bonds. The number of aryl methyl sites for hydroxylation is 1. The molecule has 6 nitrogen and oxygen atoms in total. The van der Waals surface area contributed by atoms with Crippen molar-refractivity contribution in [2.45, 2.75) is 10.6 Å². The summed E-state index contributed by atoms with van der Waals surface area (Å²) in [7, 11) is -5.27. The molecule has 0 spiro atoms. The van der Waals surface area contributed by atoms with Crippen LogP contribution in [0.25, 0.3) is 0 Å². The number of rotatable bonds is 4. The van der Waals surface area contributed by atoms with Gasteiger partial charge in [0, 0.05) is 24.5 Å². The van der Waals surface area contributed by atoms with E-state index in [9.17, 15) is 12.6 Å². The van der Waals surface area contributed by atoms with Crippen molar-refractivity contribution >= 4 is 31.4 Å². The van der Waals surface area contributed by atoms with Gasteiger partial charge >= 0.3 is 0 Å². The van der Waals surface area contributed by atoms with Crippen LogP contribution in [-0.4, -0.2) is 28.7 Å². The molecular weight excluding hydrogens is 334 g/mol. The van der Waals surface area contributed by atoms with Crippen LogP contribution < -0.4 is 0 Å². The van der Waals surface area contributed by atoms with Gasteiger partial charge < -0.3 is 0 Å². The van der Waals surface area contributed by atoms with Gasteiger partial charge in [0.25, 0.3) is 10.0 Å². The fourth-order valence-electron chi connectivity index (χ4n) is 1.67. The van der Waals surface area contributed by atoms with Crippen molar-refractivity contribution in [3.8, 4) is 0 Å². The number of aromatic nitrogens is 2. The summed E-state index contributed by atoms with van der Waals surface area (Å²) in [6.45, 7) is 0. The quantitative estimate of drug-likeness (QED) is 0.847. The monoisotopic (exact) mass is 347 g/mol. The second-order valence-corrected chi connectivity index (χ2v) is 9.14. The van der Waals surface area contributed by atoms with Crippen LogP contribution in [0, 0.1) is 0 Å². The van der Waals surface area contributed by atoms with E-state index >= 15 is 0 Å². The van der Waals surface area contributed by atoms with E-state index in [1.165, 1.54) is 23.3 Å². The molecule has 0 radical (unpaired) electrons. The third-order valence-corrected chi connectivity index (χ3v) is 6.72. The zero-order valence-corrected chi connectivity index (χ0v) is 13.8. The molecule has 2 aromatic rings. The lowest BCUT2D eigenvalue weighted by Crippen LogP contribution is -2.06. The summed E-state index contributed by atoms with van der Waals surface area (Å²) < 4.78 is 41.6. The minimum atomic E-state index is -3.87. The van der Waals surface area contributed by atoms with Gasteiger partial charge in [0.1, 0.15) is 0 Å². The van der Waals surface area contributed by atoms with Crippen LogP contribution in [-0.2, 0) is 32.6 Å². The van der Waals surface area contributed by atoms with Gasteiger partial charge in [0.2, 0.25) is 0 Å². The number of nitrogens with zero attached hydrogens (tertiary/aromatic N) is 3. The Hall–Kier alpha value is -1.38. The van der Waals surface area contributed by atoms with E-state index in [-0.39, 0.29) is 10.6 Å². The van der Waals surface area contributed by atoms with Crippen LogP contribution in [0.4, 0.5) is 0 Å². The van der Waals surface area contributed by atoms with Gasteiger partial charge in [0.15, 0.2) is 0 Å². The van der Waals surface area contributed by atoms with Gasteiger partial charge in [-0.15, -0.1) is 3.77 Å². The maximum Gasteiger partial charge on any atom is 0.265 e. The molecule has 1 aromatic carbocycles. The number of hydrogen-bond acceptors (Lipinski definition) is 4. The van der Waals surface area contributed by atoms with Gasteiger partial charge in [-0.2, -0.15) is 5.10 Å². The Morgan fingerprint density at radius 3 is 2.38 bits per heavy atom. The first-order valence-corrected chi connectivity index (χ1v) is 9.78. The smallest absolute Gasteiger partial charge is 0.265 e. The maximum atomic E-state index is 12.4. The average molecular weight is 348 g/mol. The van der Waals surface area contributed by atoms with E-state index in [0.29, 0.717) is 10.6 Å². The lowest BCUT2D eigenvalue weighted by molar-refractivity contribution is 0.597. The van der Waals surface area contributed by atoms with Gasteiger partial charge in [0.05, 0.1) is 26.6 Å². The first-order valence-electron chi connectivity index (χ1n) is 5.87. The van der Waals surface area contributed by atoms with Crippen LogP contribution >= 0.6 is 11.6 Å². The lowest BCUT2D eigenvalue weighted by Gasteiger charge is -2.03. The van der Waals surface area contributed by atoms with Crippen molar-refractivity contribution in [1.82, 2.24) is 9.78 Å². The SMILES string of the molecule is Cn1cc(S(C)(=O)=NS(=O)(=O)Cc2ccc(Cl)cc2)cn1. The molecule has 0 aliphatic rings. The van der Waals surface area contributed by atoms with Crippen molar-refractivity contribution < 1.29 is 12.6 Å². The van der Waals surface area contributed by atoms with E-state index in [2.05, 4.69) is 8.87 Å². The van der Waals surface area contributed by atoms with Crippen molar-refractivity contribution in [3.05, 3.63) is 47.2 Å². The van der Waals surface area contributed by atoms with Crippen LogP contribution in [0.3, 0.4) is 0 Å². The highest BCUT2D eigenvalue weighted by Crippen LogP contribution is 2.16. The fourth-order valence-corrected chi connectivity index (χ4v) is 5.29. The minimum Gasteiger partial charge on any atom is -0.275 e. The van der Waals surface area contributed by atoms with Crippen LogP contribution in [0.1, 0.15) is 5.56 Å². The molecule has 0 aliphatic heterocycles. The molecular formula is C12H14ClN3O3S2. The van der Waals surface area contributed by atoms with Gasteiger partial charge in [-0.25, -0.2) is 12.6 Å². The molecule has 1 aromatic heterocycles. The van der Waals surface area contributed by atoms with Crippen molar-refractivity contribution in [3.63, 3.8) is 0 Å². The topological polar surface area (TPSA) is 81.4 Å². The Balaban J connectivity index is 2.33. The summed E-state index contributed by atoms with van der Waals surface area (Å²) in [5.74, 6) is -0.324. The minimum absolute atomic E-state index is 0.282. The van der Waals surface area contributed by atoms with E-state index < -0.39 is 19.8 Å². The standard InChI is InChI=1S/C12H14ClN3O3S2/c1-16-8-12(7-14-16)20(2,17)15-21(18,19)9-10-3-5-11(13)6-4-10/h3-8H,9H2,1-2H3. The normalized spacial score (nSPS) is 14.6. The van der Waals surface area contributed by atoms with Crippen LogP contribution in [0.15, 0.2) is 45.3 Å². The Kier molecular flexibility index (Phi) is 4.40. The number of sulfonamides is 1. The molecule has 21 heavy (non-hydrogen) atoms. The third-order valence-electron chi connectivity index (χ3n) is 2.64. The van der Waals surface area contributed by atoms with E-state index in [1.54, 1.807) is 31.3 Å². The predicted molar refractivity (Wildman–Crippen MR) is 82.0 cm³/mol. The maximum absolute atomic E-state index is 12.4. The van der Waals surface area contributed by atoms with Crippen molar-refractivity contribution in [2.75, 3.05) is 6.26 Å². The zero-order chi connectivity index (χ0) is 15.7. The molecule has 0 bridgehead atoms. The largest absolute Gasteiger partial charge is 0.275 e. The second-order valence-electron chi connectivity index (χ2n) is 4.58.